The highest BCUT2D eigenvalue weighted by atomic mass is 35.5. The Bertz CT molecular complexity index is 1530. The van der Waals surface area contributed by atoms with Crippen molar-refractivity contribution in [3.05, 3.63) is 130 Å². The zero-order valence-electron chi connectivity index (χ0n) is 23.4. The molecule has 4 rings (SSSR count). The molecular formula is C32H33Cl2F3N2O3S. The third kappa shape index (κ3) is 9.37. The summed E-state index contributed by atoms with van der Waals surface area (Å²) in [5, 5.41) is 3.21. The smallest absolute Gasteiger partial charge is 0.417 e. The quantitative estimate of drug-likeness (QED) is 0.145. The normalized spacial score (nSPS) is 11.9. The topological polar surface area (TPSA) is 67.4 Å². The van der Waals surface area contributed by atoms with Gasteiger partial charge in [0.25, 0.3) is 0 Å². The standard InChI is InChI=1S/C32H32ClF3N2O3S.ClH/c1-42(39,40)38-27-16-9-17-28(21-27)41-20-10-19-37-23-31(25-12-4-2-5-13-25,26-14-6-3-7-15-26)22-24-11-8-18-29(30(24)33)32(34,35)36;/h2-9,11-18,21,37-38H,10,19-20,22-23H2,1H3;1H. The summed E-state index contributed by atoms with van der Waals surface area (Å²) in [5.74, 6) is 0.533. The number of alkyl halides is 3. The predicted octanol–water partition coefficient (Wildman–Crippen LogP) is 7.74. The molecule has 230 valence electrons. The van der Waals surface area contributed by atoms with Crippen LogP contribution in [0.4, 0.5) is 18.9 Å². The number of halogens is 5. The summed E-state index contributed by atoms with van der Waals surface area (Å²) in [6, 6.07) is 30.2. The predicted molar refractivity (Wildman–Crippen MR) is 169 cm³/mol. The molecule has 11 heteroatoms. The van der Waals surface area contributed by atoms with Crippen LogP contribution >= 0.6 is 24.0 Å². The van der Waals surface area contributed by atoms with Gasteiger partial charge in [-0.2, -0.15) is 13.2 Å². The summed E-state index contributed by atoms with van der Waals surface area (Å²) in [7, 11) is -3.40. The van der Waals surface area contributed by atoms with Crippen LogP contribution in [0.2, 0.25) is 5.02 Å². The Morgan fingerprint density at radius 1 is 0.837 bits per heavy atom. The van der Waals surface area contributed by atoms with Gasteiger partial charge in [0.05, 0.1) is 29.1 Å². The number of ether oxygens (including phenoxy) is 1. The van der Waals surface area contributed by atoms with Crippen LogP contribution in [-0.4, -0.2) is 34.4 Å². The lowest BCUT2D eigenvalue weighted by Gasteiger charge is -2.36. The number of sulfonamides is 1. The highest BCUT2D eigenvalue weighted by Crippen LogP contribution is 2.41. The average molecular weight is 654 g/mol. The Morgan fingerprint density at radius 3 is 2.02 bits per heavy atom. The van der Waals surface area contributed by atoms with Crippen molar-refractivity contribution in [3.8, 4) is 5.75 Å². The molecule has 0 atom stereocenters. The van der Waals surface area contributed by atoms with Crippen LogP contribution in [0, 0.1) is 0 Å². The lowest BCUT2D eigenvalue weighted by molar-refractivity contribution is -0.137. The molecule has 0 radical (unpaired) electrons. The van der Waals surface area contributed by atoms with E-state index in [0.29, 0.717) is 43.1 Å². The maximum absolute atomic E-state index is 13.7. The Hall–Kier alpha value is -3.24. The third-order valence-corrected chi connectivity index (χ3v) is 7.91. The molecule has 0 saturated carbocycles. The molecule has 0 amide bonds. The summed E-state index contributed by atoms with van der Waals surface area (Å²) in [5.41, 5.74) is 1.15. The lowest BCUT2D eigenvalue weighted by Crippen LogP contribution is -2.42. The van der Waals surface area contributed by atoms with Gasteiger partial charge in [-0.05, 0) is 54.3 Å². The molecule has 0 aliphatic heterocycles. The Balaban J connectivity index is 0.00000506. The highest BCUT2D eigenvalue weighted by molar-refractivity contribution is 7.92. The van der Waals surface area contributed by atoms with Crippen molar-refractivity contribution >= 4 is 39.7 Å². The van der Waals surface area contributed by atoms with E-state index in [1.165, 1.54) is 6.07 Å². The van der Waals surface area contributed by atoms with E-state index in [4.69, 9.17) is 16.3 Å². The fraction of sp³-hybridized carbons (Fsp3) is 0.250. The zero-order valence-corrected chi connectivity index (χ0v) is 25.8. The first-order chi connectivity index (χ1) is 20.0. The van der Waals surface area contributed by atoms with Gasteiger partial charge in [-0.25, -0.2) is 8.42 Å². The molecule has 0 aliphatic carbocycles. The molecule has 0 aromatic heterocycles. The van der Waals surface area contributed by atoms with Crippen molar-refractivity contribution in [2.24, 2.45) is 0 Å². The molecule has 0 unspecified atom stereocenters. The van der Waals surface area contributed by atoms with Crippen LogP contribution in [0.1, 0.15) is 28.7 Å². The van der Waals surface area contributed by atoms with Crippen molar-refractivity contribution in [3.63, 3.8) is 0 Å². The van der Waals surface area contributed by atoms with Gasteiger partial charge in [-0.1, -0.05) is 90.5 Å². The first-order valence-electron chi connectivity index (χ1n) is 13.3. The summed E-state index contributed by atoms with van der Waals surface area (Å²) in [6.07, 6.45) is -2.60. The van der Waals surface area contributed by atoms with E-state index < -0.39 is 27.2 Å². The lowest BCUT2D eigenvalue weighted by atomic mass is 9.70. The van der Waals surface area contributed by atoms with Crippen LogP contribution < -0.4 is 14.8 Å². The molecule has 43 heavy (non-hydrogen) atoms. The SMILES string of the molecule is CS(=O)(=O)Nc1cccc(OCCCNCC(Cc2cccc(C(F)(F)F)c2Cl)(c2ccccc2)c2ccccc2)c1.Cl. The first kappa shape index (κ1) is 34.3. The van der Waals surface area contributed by atoms with E-state index in [0.717, 1.165) is 23.4 Å². The van der Waals surface area contributed by atoms with E-state index >= 15 is 0 Å². The van der Waals surface area contributed by atoms with Crippen LogP contribution in [0.15, 0.2) is 103 Å². The molecule has 0 fully saturated rings. The minimum absolute atomic E-state index is 0. The van der Waals surface area contributed by atoms with Gasteiger partial charge in [-0.3, -0.25) is 4.72 Å². The van der Waals surface area contributed by atoms with Crippen molar-refractivity contribution in [2.75, 3.05) is 30.7 Å². The van der Waals surface area contributed by atoms with Crippen molar-refractivity contribution < 1.29 is 26.3 Å². The van der Waals surface area contributed by atoms with Crippen LogP contribution in [0.5, 0.6) is 5.75 Å². The number of hydrogen-bond acceptors (Lipinski definition) is 4. The highest BCUT2D eigenvalue weighted by Gasteiger charge is 2.38. The van der Waals surface area contributed by atoms with E-state index in [-0.39, 0.29) is 23.9 Å². The molecule has 2 N–H and O–H groups in total. The van der Waals surface area contributed by atoms with Crippen LogP contribution in [-0.2, 0) is 28.0 Å². The number of hydrogen-bond donors (Lipinski definition) is 2. The maximum Gasteiger partial charge on any atom is 0.417 e. The second-order valence-corrected chi connectivity index (χ2v) is 12.2. The van der Waals surface area contributed by atoms with Crippen LogP contribution in [0.25, 0.3) is 0 Å². The monoisotopic (exact) mass is 652 g/mol. The molecular weight excluding hydrogens is 620 g/mol. The van der Waals surface area contributed by atoms with E-state index in [1.807, 2.05) is 60.7 Å². The summed E-state index contributed by atoms with van der Waals surface area (Å²) < 4.78 is 72.4. The molecule has 4 aromatic rings. The van der Waals surface area contributed by atoms with Gasteiger partial charge in [-0.15, -0.1) is 12.4 Å². The Morgan fingerprint density at radius 2 is 1.44 bits per heavy atom. The summed E-state index contributed by atoms with van der Waals surface area (Å²) in [6.45, 7) is 1.37. The Kier molecular flexibility index (Phi) is 11.9. The third-order valence-electron chi connectivity index (χ3n) is 6.86. The number of anilines is 1. The van der Waals surface area contributed by atoms with Crippen molar-refractivity contribution in [1.29, 1.82) is 0 Å². The second kappa shape index (κ2) is 15.0. The minimum atomic E-state index is -4.56. The summed E-state index contributed by atoms with van der Waals surface area (Å²) in [4.78, 5) is 0. The number of benzene rings is 4. The van der Waals surface area contributed by atoms with E-state index in [2.05, 4.69) is 10.0 Å². The van der Waals surface area contributed by atoms with Gasteiger partial charge in [0.2, 0.25) is 10.0 Å². The Labute approximate surface area is 261 Å². The molecule has 0 spiro atoms. The molecule has 4 aromatic carbocycles. The van der Waals surface area contributed by atoms with Crippen molar-refractivity contribution in [2.45, 2.75) is 24.4 Å². The molecule has 0 aliphatic rings. The summed E-state index contributed by atoms with van der Waals surface area (Å²) >= 11 is 6.39. The van der Waals surface area contributed by atoms with Gasteiger partial charge in [0.1, 0.15) is 5.75 Å². The molecule has 0 heterocycles. The molecule has 0 saturated heterocycles. The first-order valence-corrected chi connectivity index (χ1v) is 15.6. The average Bonchev–Trinajstić information content (AvgIpc) is 2.95. The van der Waals surface area contributed by atoms with Gasteiger partial charge >= 0.3 is 6.18 Å². The van der Waals surface area contributed by atoms with Gasteiger partial charge in [0.15, 0.2) is 0 Å². The van der Waals surface area contributed by atoms with Gasteiger partial charge in [0, 0.05) is 18.0 Å². The fourth-order valence-electron chi connectivity index (χ4n) is 4.96. The minimum Gasteiger partial charge on any atom is -0.493 e. The molecule has 0 bridgehead atoms. The van der Waals surface area contributed by atoms with Gasteiger partial charge < -0.3 is 10.1 Å². The number of rotatable bonds is 13. The number of nitrogens with one attached hydrogen (secondary N) is 2. The van der Waals surface area contributed by atoms with Crippen molar-refractivity contribution in [1.82, 2.24) is 5.32 Å². The van der Waals surface area contributed by atoms with Crippen LogP contribution in [0.3, 0.4) is 0 Å². The van der Waals surface area contributed by atoms with E-state index in [1.54, 1.807) is 30.3 Å². The molecule has 5 nitrogen and oxygen atoms in total. The fourth-order valence-corrected chi connectivity index (χ4v) is 5.82. The largest absolute Gasteiger partial charge is 0.493 e. The van der Waals surface area contributed by atoms with E-state index in [9.17, 15) is 21.6 Å². The zero-order chi connectivity index (χ0) is 30.2. The maximum atomic E-state index is 13.7. The second-order valence-electron chi connectivity index (χ2n) is 10.0.